The quantitative estimate of drug-likeness (QED) is 0.492. The SMILES string of the molecule is Cc1ccc(C(=O)C(C)OC(=O)c2ccc(Cn3cccn3)cc2)cc1C. The van der Waals surface area contributed by atoms with Gasteiger partial charge in [-0.1, -0.05) is 24.3 Å². The van der Waals surface area contributed by atoms with Crippen molar-refractivity contribution in [2.24, 2.45) is 0 Å². The van der Waals surface area contributed by atoms with E-state index in [0.717, 1.165) is 16.7 Å². The number of carbonyl (C=O) groups excluding carboxylic acids is 2. The fourth-order valence-corrected chi connectivity index (χ4v) is 2.74. The summed E-state index contributed by atoms with van der Waals surface area (Å²) in [6.45, 7) is 6.17. The number of ether oxygens (including phenoxy) is 1. The van der Waals surface area contributed by atoms with E-state index in [2.05, 4.69) is 5.10 Å². The predicted octanol–water partition coefficient (Wildman–Crippen LogP) is 3.98. The van der Waals surface area contributed by atoms with Crippen molar-refractivity contribution < 1.29 is 14.3 Å². The highest BCUT2D eigenvalue weighted by Gasteiger charge is 2.20. The lowest BCUT2D eigenvalue weighted by Gasteiger charge is -2.13. The summed E-state index contributed by atoms with van der Waals surface area (Å²) >= 11 is 0. The fourth-order valence-electron chi connectivity index (χ4n) is 2.74. The van der Waals surface area contributed by atoms with Gasteiger partial charge in [-0.25, -0.2) is 4.79 Å². The molecule has 1 aromatic heterocycles. The average molecular weight is 362 g/mol. The molecule has 138 valence electrons. The molecule has 5 heteroatoms. The molecule has 0 radical (unpaired) electrons. The number of hydrogen-bond acceptors (Lipinski definition) is 4. The summed E-state index contributed by atoms with van der Waals surface area (Å²) in [6, 6.07) is 14.5. The van der Waals surface area contributed by atoms with Gasteiger partial charge >= 0.3 is 5.97 Å². The Labute approximate surface area is 158 Å². The zero-order valence-corrected chi connectivity index (χ0v) is 15.7. The third-order valence-corrected chi connectivity index (χ3v) is 4.54. The van der Waals surface area contributed by atoms with Crippen LogP contribution in [0.4, 0.5) is 0 Å². The molecular formula is C22H22N2O3. The van der Waals surface area contributed by atoms with E-state index in [1.165, 1.54) is 0 Å². The molecule has 5 nitrogen and oxygen atoms in total. The van der Waals surface area contributed by atoms with Crippen LogP contribution in [-0.4, -0.2) is 27.6 Å². The number of Topliss-reactive ketones (excluding diaryl/α,β-unsaturated/α-hetero) is 1. The highest BCUT2D eigenvalue weighted by molar-refractivity contribution is 6.01. The van der Waals surface area contributed by atoms with E-state index in [1.807, 2.05) is 50.4 Å². The van der Waals surface area contributed by atoms with Gasteiger partial charge in [0.2, 0.25) is 5.78 Å². The molecule has 0 aliphatic heterocycles. The Bertz CT molecular complexity index is 944. The van der Waals surface area contributed by atoms with Gasteiger partial charge in [-0.2, -0.15) is 5.10 Å². The molecule has 0 fully saturated rings. The number of carbonyl (C=O) groups is 2. The standard InChI is InChI=1S/C22H22N2O3/c1-15-5-8-20(13-16(15)2)21(25)17(3)27-22(26)19-9-6-18(7-10-19)14-24-12-4-11-23-24/h4-13,17H,14H2,1-3H3. The molecule has 0 aliphatic carbocycles. The van der Waals surface area contributed by atoms with Gasteiger partial charge in [-0.05, 0) is 61.7 Å². The van der Waals surface area contributed by atoms with Crippen LogP contribution in [0.15, 0.2) is 60.9 Å². The highest BCUT2D eigenvalue weighted by Crippen LogP contribution is 2.14. The monoisotopic (exact) mass is 362 g/mol. The average Bonchev–Trinajstić information content (AvgIpc) is 3.17. The zero-order chi connectivity index (χ0) is 19.4. The van der Waals surface area contributed by atoms with E-state index >= 15 is 0 Å². The van der Waals surface area contributed by atoms with Crippen LogP contribution >= 0.6 is 0 Å². The molecule has 0 spiro atoms. The van der Waals surface area contributed by atoms with Crippen LogP contribution in [-0.2, 0) is 11.3 Å². The minimum atomic E-state index is -0.844. The summed E-state index contributed by atoms with van der Waals surface area (Å²) in [5.74, 6) is -0.716. The fraction of sp³-hybridized carbons (Fsp3) is 0.227. The van der Waals surface area contributed by atoms with Gasteiger partial charge in [0.1, 0.15) is 0 Å². The van der Waals surface area contributed by atoms with E-state index in [0.29, 0.717) is 17.7 Å². The second-order valence-electron chi connectivity index (χ2n) is 6.61. The van der Waals surface area contributed by atoms with E-state index in [4.69, 9.17) is 4.74 Å². The molecule has 0 saturated carbocycles. The molecule has 3 rings (SSSR count). The van der Waals surface area contributed by atoms with Gasteiger partial charge in [0.25, 0.3) is 0 Å². The normalized spacial score (nSPS) is 11.8. The molecule has 0 bridgehead atoms. The van der Waals surface area contributed by atoms with Gasteiger partial charge in [-0.3, -0.25) is 9.48 Å². The second kappa shape index (κ2) is 7.99. The largest absolute Gasteiger partial charge is 0.451 e. The Morgan fingerprint density at radius 1 is 1.04 bits per heavy atom. The van der Waals surface area contributed by atoms with Crippen molar-refractivity contribution >= 4 is 11.8 Å². The number of hydrogen-bond donors (Lipinski definition) is 0. The molecular weight excluding hydrogens is 340 g/mol. The van der Waals surface area contributed by atoms with Crippen LogP contribution in [0, 0.1) is 13.8 Å². The molecule has 1 atom stereocenters. The Morgan fingerprint density at radius 2 is 1.74 bits per heavy atom. The lowest BCUT2D eigenvalue weighted by Crippen LogP contribution is -2.24. The smallest absolute Gasteiger partial charge is 0.338 e. The van der Waals surface area contributed by atoms with Crippen molar-refractivity contribution in [3.8, 4) is 0 Å². The first kappa shape index (κ1) is 18.6. The van der Waals surface area contributed by atoms with Crippen molar-refractivity contribution in [1.82, 2.24) is 9.78 Å². The van der Waals surface area contributed by atoms with Crippen LogP contribution < -0.4 is 0 Å². The molecule has 1 heterocycles. The first-order valence-electron chi connectivity index (χ1n) is 8.83. The number of ketones is 1. The summed E-state index contributed by atoms with van der Waals surface area (Å²) in [7, 11) is 0. The minimum Gasteiger partial charge on any atom is -0.451 e. The number of benzene rings is 2. The summed E-state index contributed by atoms with van der Waals surface area (Å²) in [6.07, 6.45) is 2.76. The Hall–Kier alpha value is -3.21. The summed E-state index contributed by atoms with van der Waals surface area (Å²) in [5.41, 5.74) is 4.14. The minimum absolute atomic E-state index is 0.207. The number of aryl methyl sites for hydroxylation is 2. The molecule has 0 amide bonds. The van der Waals surface area contributed by atoms with Crippen LogP contribution in [0.25, 0.3) is 0 Å². The van der Waals surface area contributed by atoms with Crippen LogP contribution in [0.3, 0.4) is 0 Å². The number of aromatic nitrogens is 2. The van der Waals surface area contributed by atoms with Crippen molar-refractivity contribution in [3.63, 3.8) is 0 Å². The zero-order valence-electron chi connectivity index (χ0n) is 15.7. The molecule has 0 N–H and O–H groups in total. The van der Waals surface area contributed by atoms with Gasteiger partial charge in [0.05, 0.1) is 12.1 Å². The molecule has 27 heavy (non-hydrogen) atoms. The third kappa shape index (κ3) is 4.50. The van der Waals surface area contributed by atoms with Gasteiger partial charge in [0.15, 0.2) is 6.10 Å². The number of esters is 1. The van der Waals surface area contributed by atoms with Gasteiger partial charge in [0, 0.05) is 18.0 Å². The van der Waals surface area contributed by atoms with E-state index in [1.54, 1.807) is 36.0 Å². The molecule has 1 unspecified atom stereocenters. The molecule has 3 aromatic rings. The summed E-state index contributed by atoms with van der Waals surface area (Å²) in [5, 5.41) is 4.16. The summed E-state index contributed by atoms with van der Waals surface area (Å²) in [4.78, 5) is 24.9. The van der Waals surface area contributed by atoms with Crippen LogP contribution in [0.1, 0.15) is 44.3 Å². The Balaban J connectivity index is 1.63. The topological polar surface area (TPSA) is 61.2 Å². The lowest BCUT2D eigenvalue weighted by molar-refractivity contribution is 0.0319. The van der Waals surface area contributed by atoms with Gasteiger partial charge < -0.3 is 4.74 Å². The summed E-state index contributed by atoms with van der Waals surface area (Å²) < 4.78 is 7.17. The molecule has 0 saturated heterocycles. The van der Waals surface area contributed by atoms with E-state index < -0.39 is 12.1 Å². The predicted molar refractivity (Wildman–Crippen MR) is 103 cm³/mol. The first-order chi connectivity index (χ1) is 12.9. The maximum atomic E-state index is 12.5. The molecule has 0 aliphatic rings. The van der Waals surface area contributed by atoms with Crippen LogP contribution in [0.2, 0.25) is 0 Å². The van der Waals surface area contributed by atoms with Crippen molar-refractivity contribution in [3.05, 3.63) is 88.7 Å². The third-order valence-electron chi connectivity index (χ3n) is 4.54. The lowest BCUT2D eigenvalue weighted by atomic mass is 10.0. The maximum absolute atomic E-state index is 12.5. The van der Waals surface area contributed by atoms with Crippen molar-refractivity contribution in [1.29, 1.82) is 0 Å². The number of rotatable bonds is 6. The van der Waals surface area contributed by atoms with Crippen molar-refractivity contribution in [2.45, 2.75) is 33.4 Å². The highest BCUT2D eigenvalue weighted by atomic mass is 16.5. The maximum Gasteiger partial charge on any atom is 0.338 e. The second-order valence-corrected chi connectivity index (χ2v) is 6.61. The number of nitrogens with zero attached hydrogens (tertiary/aromatic N) is 2. The van der Waals surface area contributed by atoms with Crippen LogP contribution in [0.5, 0.6) is 0 Å². The first-order valence-corrected chi connectivity index (χ1v) is 8.83. The van der Waals surface area contributed by atoms with Crippen molar-refractivity contribution in [2.75, 3.05) is 0 Å². The Morgan fingerprint density at radius 3 is 2.37 bits per heavy atom. The molecule has 2 aromatic carbocycles. The van der Waals surface area contributed by atoms with E-state index in [-0.39, 0.29) is 5.78 Å². The Kier molecular flexibility index (Phi) is 5.50. The van der Waals surface area contributed by atoms with E-state index in [9.17, 15) is 9.59 Å². The van der Waals surface area contributed by atoms with Gasteiger partial charge in [-0.15, -0.1) is 0 Å².